The molecule has 2 aromatic rings. The van der Waals surface area contributed by atoms with E-state index < -0.39 is 5.97 Å². The maximum atomic E-state index is 11.8. The fraction of sp³-hybridized carbons (Fsp3) is 0.0667. The van der Waals surface area contributed by atoms with Gasteiger partial charge in [-0.1, -0.05) is 6.07 Å². The molecule has 3 heterocycles. The maximum absolute atomic E-state index is 11.8. The zero-order valence-corrected chi connectivity index (χ0v) is 10.7. The van der Waals surface area contributed by atoms with E-state index in [1.54, 1.807) is 30.3 Å². The predicted molar refractivity (Wildman–Crippen MR) is 71.9 cm³/mol. The van der Waals surface area contributed by atoms with Gasteiger partial charge in [0, 0.05) is 0 Å². The second-order valence-corrected chi connectivity index (χ2v) is 4.43. The van der Waals surface area contributed by atoms with Crippen molar-refractivity contribution in [3.63, 3.8) is 0 Å². The number of carbonyl (C=O) groups is 1. The van der Waals surface area contributed by atoms with Crippen LogP contribution in [0.25, 0.3) is 6.08 Å². The normalized spacial score (nSPS) is 18.0. The van der Waals surface area contributed by atoms with Gasteiger partial charge in [-0.3, -0.25) is 0 Å². The molecule has 6 nitrogen and oxygen atoms in total. The second kappa shape index (κ2) is 4.52. The monoisotopic (exact) mass is 283 g/mol. The van der Waals surface area contributed by atoms with Gasteiger partial charge in [0.15, 0.2) is 23.0 Å². The van der Waals surface area contributed by atoms with Crippen LogP contribution in [0.5, 0.6) is 11.5 Å². The Morgan fingerprint density at radius 2 is 2.05 bits per heavy atom. The molecule has 21 heavy (non-hydrogen) atoms. The van der Waals surface area contributed by atoms with Gasteiger partial charge in [0.05, 0.1) is 6.26 Å². The van der Waals surface area contributed by atoms with Gasteiger partial charge in [-0.25, -0.2) is 9.79 Å². The zero-order valence-electron chi connectivity index (χ0n) is 10.7. The molecule has 0 radical (unpaired) electrons. The van der Waals surface area contributed by atoms with Crippen LogP contribution in [0.3, 0.4) is 0 Å². The first-order chi connectivity index (χ1) is 10.3. The summed E-state index contributed by atoms with van der Waals surface area (Å²) in [6.07, 6.45) is 3.12. The molecule has 0 atom stereocenters. The van der Waals surface area contributed by atoms with Crippen LogP contribution in [0.2, 0.25) is 0 Å². The molecular formula is C15H9NO5. The van der Waals surface area contributed by atoms with Crippen molar-refractivity contribution in [3.05, 3.63) is 53.6 Å². The largest absolute Gasteiger partial charge is 0.459 e. The van der Waals surface area contributed by atoms with E-state index in [-0.39, 0.29) is 18.4 Å². The summed E-state index contributed by atoms with van der Waals surface area (Å²) in [6, 6.07) is 8.75. The second-order valence-electron chi connectivity index (χ2n) is 4.43. The number of hydrogen-bond donors (Lipinski definition) is 0. The van der Waals surface area contributed by atoms with E-state index in [4.69, 9.17) is 18.6 Å². The van der Waals surface area contributed by atoms with Gasteiger partial charge in [-0.2, -0.15) is 0 Å². The van der Waals surface area contributed by atoms with Crippen molar-refractivity contribution in [2.75, 3.05) is 6.79 Å². The number of esters is 1. The summed E-state index contributed by atoms with van der Waals surface area (Å²) in [4.78, 5) is 16.0. The molecule has 0 saturated carbocycles. The van der Waals surface area contributed by atoms with E-state index in [2.05, 4.69) is 4.99 Å². The maximum Gasteiger partial charge on any atom is 0.363 e. The Morgan fingerprint density at radius 1 is 1.14 bits per heavy atom. The summed E-state index contributed by atoms with van der Waals surface area (Å²) in [7, 11) is 0. The minimum absolute atomic E-state index is 0.164. The van der Waals surface area contributed by atoms with Crippen LogP contribution in [0.15, 0.2) is 51.7 Å². The zero-order chi connectivity index (χ0) is 14.2. The number of carbonyl (C=O) groups excluding carboxylic acids is 1. The van der Waals surface area contributed by atoms with Crippen LogP contribution >= 0.6 is 0 Å². The third-order valence-corrected chi connectivity index (χ3v) is 3.05. The van der Waals surface area contributed by atoms with E-state index in [0.717, 1.165) is 5.56 Å². The van der Waals surface area contributed by atoms with Crippen LogP contribution in [0, 0.1) is 0 Å². The molecule has 0 amide bonds. The summed E-state index contributed by atoms with van der Waals surface area (Å²) in [6.45, 7) is 0.207. The van der Waals surface area contributed by atoms with Gasteiger partial charge in [-0.15, -0.1) is 0 Å². The molecule has 0 spiro atoms. The van der Waals surface area contributed by atoms with Gasteiger partial charge in [0.1, 0.15) is 0 Å². The molecule has 6 heteroatoms. The van der Waals surface area contributed by atoms with Crippen molar-refractivity contribution < 1.29 is 23.4 Å². The average molecular weight is 283 g/mol. The van der Waals surface area contributed by atoms with Crippen LogP contribution in [0.1, 0.15) is 11.3 Å². The Morgan fingerprint density at radius 3 is 2.90 bits per heavy atom. The highest BCUT2D eigenvalue weighted by Crippen LogP contribution is 2.33. The quantitative estimate of drug-likeness (QED) is 0.625. The molecule has 1 aromatic carbocycles. The number of fused-ring (bicyclic) bond motifs is 1. The predicted octanol–water partition coefficient (Wildman–Crippen LogP) is 2.35. The van der Waals surface area contributed by atoms with Crippen molar-refractivity contribution in [2.24, 2.45) is 4.99 Å². The number of aliphatic imine (C=N–C) groups is 1. The number of cyclic esters (lactones) is 1. The molecule has 0 unspecified atom stereocenters. The van der Waals surface area contributed by atoms with Crippen LogP contribution < -0.4 is 9.47 Å². The van der Waals surface area contributed by atoms with Crippen molar-refractivity contribution in [2.45, 2.75) is 0 Å². The Bertz CT molecular complexity index is 773. The topological polar surface area (TPSA) is 70.3 Å². The molecule has 4 rings (SSSR count). The molecule has 0 fully saturated rings. The first-order valence-corrected chi connectivity index (χ1v) is 6.26. The first kappa shape index (κ1) is 11.8. The summed E-state index contributed by atoms with van der Waals surface area (Å²) >= 11 is 0. The average Bonchev–Trinajstić information content (AvgIpc) is 3.20. The minimum Gasteiger partial charge on any atom is -0.459 e. The van der Waals surface area contributed by atoms with Crippen molar-refractivity contribution in [3.8, 4) is 11.5 Å². The number of ether oxygens (including phenoxy) is 3. The van der Waals surface area contributed by atoms with Gasteiger partial charge < -0.3 is 18.6 Å². The molecule has 0 aliphatic carbocycles. The lowest BCUT2D eigenvalue weighted by atomic mass is 10.1. The summed E-state index contributed by atoms with van der Waals surface area (Å²) in [5, 5.41) is 0. The molecule has 0 saturated heterocycles. The van der Waals surface area contributed by atoms with Crippen molar-refractivity contribution in [1.29, 1.82) is 0 Å². The number of nitrogens with zero attached hydrogens (tertiary/aromatic N) is 1. The Balaban J connectivity index is 1.68. The highest BCUT2D eigenvalue weighted by atomic mass is 16.7. The highest BCUT2D eigenvalue weighted by Gasteiger charge is 2.26. The van der Waals surface area contributed by atoms with Crippen LogP contribution in [0.4, 0.5) is 0 Å². The molecule has 2 aliphatic heterocycles. The molecule has 0 N–H and O–H groups in total. The van der Waals surface area contributed by atoms with E-state index in [9.17, 15) is 4.79 Å². The van der Waals surface area contributed by atoms with Gasteiger partial charge in [-0.05, 0) is 35.9 Å². The summed E-state index contributed by atoms with van der Waals surface area (Å²) < 4.78 is 20.8. The molecular weight excluding hydrogens is 274 g/mol. The molecule has 2 aliphatic rings. The number of rotatable bonds is 2. The lowest BCUT2D eigenvalue weighted by molar-refractivity contribution is -0.130. The molecule has 104 valence electrons. The first-order valence-electron chi connectivity index (χ1n) is 6.26. The fourth-order valence-corrected chi connectivity index (χ4v) is 2.08. The Labute approximate surface area is 119 Å². The molecule has 1 aromatic heterocycles. The van der Waals surface area contributed by atoms with E-state index >= 15 is 0 Å². The fourth-order valence-electron chi connectivity index (χ4n) is 2.08. The smallest absolute Gasteiger partial charge is 0.363 e. The van der Waals surface area contributed by atoms with Crippen molar-refractivity contribution >= 4 is 17.9 Å². The van der Waals surface area contributed by atoms with Crippen LogP contribution in [-0.4, -0.2) is 18.7 Å². The van der Waals surface area contributed by atoms with E-state index in [1.807, 2.05) is 6.07 Å². The van der Waals surface area contributed by atoms with Crippen molar-refractivity contribution in [1.82, 2.24) is 0 Å². The third kappa shape index (κ3) is 2.06. The Hall–Kier alpha value is -3.02. The molecule has 0 bridgehead atoms. The van der Waals surface area contributed by atoms with Gasteiger partial charge in [0.25, 0.3) is 5.90 Å². The summed E-state index contributed by atoms with van der Waals surface area (Å²) in [5.41, 5.74) is 0.982. The Kier molecular flexibility index (Phi) is 2.53. The lowest BCUT2D eigenvalue weighted by Crippen LogP contribution is -2.04. The minimum atomic E-state index is -0.515. The van der Waals surface area contributed by atoms with Gasteiger partial charge >= 0.3 is 5.97 Å². The summed E-state index contributed by atoms with van der Waals surface area (Å²) in [5.74, 6) is 1.39. The third-order valence-electron chi connectivity index (χ3n) is 3.05. The number of benzene rings is 1. The number of furan rings is 1. The highest BCUT2D eigenvalue weighted by molar-refractivity contribution is 6.11. The lowest BCUT2D eigenvalue weighted by Gasteiger charge is -1.97. The van der Waals surface area contributed by atoms with Gasteiger partial charge in [0.2, 0.25) is 6.79 Å². The van der Waals surface area contributed by atoms with Crippen LogP contribution in [-0.2, 0) is 9.53 Å². The van der Waals surface area contributed by atoms with E-state index in [0.29, 0.717) is 17.3 Å². The van der Waals surface area contributed by atoms with E-state index in [1.165, 1.54) is 6.26 Å². The number of hydrogen-bond acceptors (Lipinski definition) is 6. The SMILES string of the molecule is O=C1OC(c2ccco2)=N/C1=C\c1ccc2c(c1)OCO2. The standard InChI is InChI=1S/C15H9NO5/c17-15-10(16-14(21-15)12-2-1-5-18-12)6-9-3-4-11-13(7-9)20-8-19-11/h1-7H,8H2/b10-6-.